The zero-order valence-corrected chi connectivity index (χ0v) is 17.2. The Kier molecular flexibility index (Phi) is 5.59. The van der Waals surface area contributed by atoms with E-state index in [1.165, 1.54) is 23.1 Å². The Hall–Kier alpha value is -2.63. The first-order valence-corrected chi connectivity index (χ1v) is 11.0. The van der Waals surface area contributed by atoms with Gasteiger partial charge >= 0.3 is 5.69 Å². The van der Waals surface area contributed by atoms with E-state index < -0.39 is 26.4 Å². The first-order chi connectivity index (χ1) is 13.2. The fourth-order valence-electron chi connectivity index (χ4n) is 2.31. The van der Waals surface area contributed by atoms with Crippen LogP contribution >= 0.6 is 23.1 Å². The van der Waals surface area contributed by atoms with Crippen LogP contribution < -0.4 is 4.72 Å². The first kappa shape index (κ1) is 20.1. The molecule has 0 aliphatic rings. The standard InChI is InChI=1S/C17H15N3O5S3/c1-10-7-12(27-17-18-11(2)9-26-17)3-5-14(10)19-28(24,25)13-4-6-16(21)15(8-13)20(22)23/h3-9,19,21H,1-2H3. The van der Waals surface area contributed by atoms with E-state index in [1.54, 1.807) is 19.1 Å². The molecule has 0 saturated carbocycles. The molecule has 0 bridgehead atoms. The molecule has 0 fully saturated rings. The molecule has 1 aromatic heterocycles. The van der Waals surface area contributed by atoms with Crippen molar-refractivity contribution in [3.05, 3.63) is 63.1 Å². The number of hydrogen-bond donors (Lipinski definition) is 2. The number of nitro benzene ring substituents is 1. The number of aromatic nitrogens is 1. The van der Waals surface area contributed by atoms with Crippen LogP contribution in [0.1, 0.15) is 11.3 Å². The van der Waals surface area contributed by atoms with Gasteiger partial charge in [0.15, 0.2) is 10.1 Å². The van der Waals surface area contributed by atoms with Crippen molar-refractivity contribution in [3.63, 3.8) is 0 Å². The summed E-state index contributed by atoms with van der Waals surface area (Å²) >= 11 is 3.01. The molecule has 0 saturated heterocycles. The van der Waals surface area contributed by atoms with E-state index in [0.29, 0.717) is 11.3 Å². The second-order valence-corrected chi connectivity index (χ2v) is 9.71. The predicted octanol–water partition coefficient (Wildman–Crippen LogP) is 4.33. The van der Waals surface area contributed by atoms with E-state index in [9.17, 15) is 23.6 Å². The third-order valence-corrected chi connectivity index (χ3v) is 7.11. The minimum absolute atomic E-state index is 0.312. The highest BCUT2D eigenvalue weighted by Crippen LogP contribution is 2.33. The minimum atomic E-state index is -4.06. The van der Waals surface area contributed by atoms with Crippen molar-refractivity contribution in [2.75, 3.05) is 4.72 Å². The van der Waals surface area contributed by atoms with Gasteiger partial charge in [0.1, 0.15) is 0 Å². The molecule has 11 heteroatoms. The first-order valence-electron chi connectivity index (χ1n) is 7.86. The van der Waals surface area contributed by atoms with Crippen molar-refractivity contribution in [1.82, 2.24) is 4.98 Å². The third-order valence-electron chi connectivity index (χ3n) is 3.70. The van der Waals surface area contributed by atoms with Gasteiger partial charge in [0.05, 0.1) is 15.5 Å². The third kappa shape index (κ3) is 4.43. The average molecular weight is 438 g/mol. The van der Waals surface area contributed by atoms with Gasteiger partial charge in [-0.1, -0.05) is 11.8 Å². The summed E-state index contributed by atoms with van der Waals surface area (Å²) in [7, 11) is -4.06. The molecule has 0 spiro atoms. The molecule has 0 aliphatic carbocycles. The number of nitro groups is 1. The van der Waals surface area contributed by atoms with Crippen molar-refractivity contribution < 1.29 is 18.4 Å². The summed E-state index contributed by atoms with van der Waals surface area (Å²) in [5.41, 5.74) is 1.31. The number of aromatic hydroxyl groups is 1. The number of aryl methyl sites for hydroxylation is 2. The Morgan fingerprint density at radius 1 is 1.21 bits per heavy atom. The zero-order valence-electron chi connectivity index (χ0n) is 14.7. The molecule has 2 aromatic carbocycles. The van der Waals surface area contributed by atoms with Crippen molar-refractivity contribution in [1.29, 1.82) is 0 Å². The summed E-state index contributed by atoms with van der Waals surface area (Å²) in [5.74, 6) is -0.598. The molecule has 0 radical (unpaired) electrons. The van der Waals surface area contributed by atoms with Crippen LogP contribution in [0.5, 0.6) is 5.75 Å². The second-order valence-electron chi connectivity index (χ2n) is 5.85. The lowest BCUT2D eigenvalue weighted by atomic mass is 10.2. The summed E-state index contributed by atoms with van der Waals surface area (Å²) in [4.78, 5) is 15.1. The van der Waals surface area contributed by atoms with Crippen molar-refractivity contribution in [2.24, 2.45) is 0 Å². The number of nitrogens with zero attached hydrogens (tertiary/aromatic N) is 2. The molecule has 0 atom stereocenters. The van der Waals surface area contributed by atoms with E-state index in [-0.39, 0.29) is 4.90 Å². The van der Waals surface area contributed by atoms with Crippen LogP contribution in [-0.4, -0.2) is 23.4 Å². The van der Waals surface area contributed by atoms with Crippen molar-refractivity contribution >= 4 is 44.5 Å². The van der Waals surface area contributed by atoms with Gasteiger partial charge in [0.2, 0.25) is 0 Å². The highest BCUT2D eigenvalue weighted by Gasteiger charge is 2.22. The zero-order chi connectivity index (χ0) is 20.5. The quantitative estimate of drug-likeness (QED) is 0.435. The maximum atomic E-state index is 12.6. The van der Waals surface area contributed by atoms with Crippen LogP contribution in [0, 0.1) is 24.0 Å². The molecule has 28 heavy (non-hydrogen) atoms. The maximum absolute atomic E-state index is 12.6. The monoisotopic (exact) mass is 437 g/mol. The van der Waals surface area contributed by atoms with E-state index >= 15 is 0 Å². The summed E-state index contributed by atoms with van der Waals surface area (Å²) in [6.45, 7) is 3.67. The lowest BCUT2D eigenvalue weighted by molar-refractivity contribution is -0.386. The number of rotatable bonds is 6. The van der Waals surface area contributed by atoms with Crippen LogP contribution in [0.25, 0.3) is 0 Å². The Morgan fingerprint density at radius 3 is 2.57 bits per heavy atom. The van der Waals surface area contributed by atoms with Gasteiger partial charge in [-0.25, -0.2) is 13.4 Å². The fraction of sp³-hybridized carbons (Fsp3) is 0.118. The Bertz CT molecular complexity index is 1160. The molecular formula is C17H15N3O5S3. The number of phenols is 1. The SMILES string of the molecule is Cc1csc(Sc2ccc(NS(=O)(=O)c3ccc(O)c([N+](=O)[O-])c3)c(C)c2)n1. The van der Waals surface area contributed by atoms with Gasteiger partial charge < -0.3 is 5.11 Å². The van der Waals surface area contributed by atoms with Crippen LogP contribution in [0.15, 0.2) is 55.9 Å². The summed E-state index contributed by atoms with van der Waals surface area (Å²) < 4.78 is 28.5. The lowest BCUT2D eigenvalue weighted by Crippen LogP contribution is -2.14. The van der Waals surface area contributed by atoms with Gasteiger partial charge in [-0.15, -0.1) is 11.3 Å². The van der Waals surface area contributed by atoms with E-state index in [0.717, 1.165) is 33.1 Å². The fourth-order valence-corrected chi connectivity index (χ4v) is 5.37. The van der Waals surface area contributed by atoms with Gasteiger partial charge in [0, 0.05) is 22.0 Å². The second kappa shape index (κ2) is 7.78. The highest BCUT2D eigenvalue weighted by atomic mass is 32.2. The molecule has 3 rings (SSSR count). The van der Waals surface area contributed by atoms with Gasteiger partial charge in [0.25, 0.3) is 10.0 Å². The Labute approximate surface area is 169 Å². The highest BCUT2D eigenvalue weighted by molar-refractivity contribution is 8.01. The molecule has 0 aliphatic heterocycles. The van der Waals surface area contributed by atoms with Crippen LogP contribution in [0.2, 0.25) is 0 Å². The topological polar surface area (TPSA) is 122 Å². The summed E-state index contributed by atoms with van der Waals surface area (Å²) in [6.07, 6.45) is 0. The number of thiazole rings is 1. The largest absolute Gasteiger partial charge is 0.502 e. The van der Waals surface area contributed by atoms with Gasteiger partial charge in [-0.3, -0.25) is 14.8 Å². The molecule has 8 nitrogen and oxygen atoms in total. The number of sulfonamides is 1. The van der Waals surface area contributed by atoms with E-state index in [2.05, 4.69) is 9.71 Å². The number of benzene rings is 2. The molecule has 3 aromatic rings. The predicted molar refractivity (Wildman–Crippen MR) is 108 cm³/mol. The maximum Gasteiger partial charge on any atom is 0.312 e. The average Bonchev–Trinajstić information content (AvgIpc) is 3.02. The summed E-state index contributed by atoms with van der Waals surface area (Å²) in [6, 6.07) is 8.14. The molecule has 0 unspecified atom stereocenters. The normalized spacial score (nSPS) is 11.4. The number of phenolic OH excluding ortho intramolecular Hbond substituents is 1. The van der Waals surface area contributed by atoms with Gasteiger partial charge in [-0.05, 0) is 49.7 Å². The van der Waals surface area contributed by atoms with Crippen LogP contribution in [-0.2, 0) is 10.0 Å². The number of hydrogen-bond acceptors (Lipinski definition) is 8. The molecule has 2 N–H and O–H groups in total. The van der Waals surface area contributed by atoms with Crippen LogP contribution in [0.3, 0.4) is 0 Å². The molecule has 1 heterocycles. The molecule has 0 amide bonds. The Morgan fingerprint density at radius 2 is 1.96 bits per heavy atom. The smallest absolute Gasteiger partial charge is 0.312 e. The van der Waals surface area contributed by atoms with Crippen molar-refractivity contribution in [2.45, 2.75) is 28.0 Å². The van der Waals surface area contributed by atoms with E-state index in [1.807, 2.05) is 18.4 Å². The molecular weight excluding hydrogens is 422 g/mol. The molecule has 146 valence electrons. The van der Waals surface area contributed by atoms with Gasteiger partial charge in [-0.2, -0.15) is 0 Å². The minimum Gasteiger partial charge on any atom is -0.502 e. The number of anilines is 1. The van der Waals surface area contributed by atoms with E-state index in [4.69, 9.17) is 0 Å². The van der Waals surface area contributed by atoms with Crippen molar-refractivity contribution in [3.8, 4) is 5.75 Å². The number of nitrogens with one attached hydrogen (secondary N) is 1. The lowest BCUT2D eigenvalue weighted by Gasteiger charge is -2.12. The van der Waals surface area contributed by atoms with Crippen LogP contribution in [0.4, 0.5) is 11.4 Å². The summed E-state index contributed by atoms with van der Waals surface area (Å²) in [5, 5.41) is 22.4. The Balaban J connectivity index is 1.84.